The molecule has 3 atom stereocenters. The van der Waals surface area contributed by atoms with Crippen molar-refractivity contribution in [1.82, 2.24) is 9.55 Å². The van der Waals surface area contributed by atoms with Crippen LogP contribution in [0.3, 0.4) is 0 Å². The summed E-state index contributed by atoms with van der Waals surface area (Å²) in [6.45, 7) is 1.34. The van der Waals surface area contributed by atoms with E-state index >= 15 is 0 Å². The topological polar surface area (TPSA) is 159 Å². The van der Waals surface area contributed by atoms with Crippen molar-refractivity contribution in [3.05, 3.63) is 78.4 Å². The number of H-pyrrole nitrogens is 1. The average Bonchev–Trinajstić information content (AvgIpc) is 3.13. The van der Waals surface area contributed by atoms with Crippen LogP contribution >= 0.6 is 0 Å². The zero-order chi connectivity index (χ0) is 21.7. The van der Waals surface area contributed by atoms with Gasteiger partial charge in [-0.15, -0.1) is 0 Å². The standard InChI is InChI=1S/C19H21N5O6/c1-11-9-24(19(28)22-17(11)26)16-8-14(15(10-25)29-16)30-18(27)13-5-3-2-4-12(13)6-7-21-23-20/h2-5,9,14-16,25H,6-8,10H2,1H3,(H,22,26,28)/t14-,15-,16-/m1/s1. The fourth-order valence-corrected chi connectivity index (χ4v) is 3.31. The number of nitrogens with one attached hydrogen (secondary N) is 1. The zero-order valence-corrected chi connectivity index (χ0v) is 16.2. The predicted molar refractivity (Wildman–Crippen MR) is 105 cm³/mol. The highest BCUT2D eigenvalue weighted by atomic mass is 16.6. The van der Waals surface area contributed by atoms with Crippen molar-refractivity contribution in [2.24, 2.45) is 5.11 Å². The number of azide groups is 1. The number of ether oxygens (including phenoxy) is 2. The molecule has 0 unspecified atom stereocenters. The molecular weight excluding hydrogens is 394 g/mol. The number of esters is 1. The molecule has 0 aliphatic carbocycles. The van der Waals surface area contributed by atoms with E-state index in [9.17, 15) is 19.5 Å². The molecule has 1 saturated heterocycles. The first kappa shape index (κ1) is 21.3. The third-order valence-corrected chi connectivity index (χ3v) is 4.86. The summed E-state index contributed by atoms with van der Waals surface area (Å²) in [5.74, 6) is -0.607. The largest absolute Gasteiger partial charge is 0.456 e. The van der Waals surface area contributed by atoms with E-state index in [1.807, 2.05) is 0 Å². The van der Waals surface area contributed by atoms with Crippen LogP contribution in [0.5, 0.6) is 0 Å². The molecule has 0 bridgehead atoms. The lowest BCUT2D eigenvalue weighted by molar-refractivity contribution is -0.0522. The first-order valence-electron chi connectivity index (χ1n) is 9.32. The third kappa shape index (κ3) is 4.60. The monoisotopic (exact) mass is 415 g/mol. The van der Waals surface area contributed by atoms with Gasteiger partial charge in [0.25, 0.3) is 5.56 Å². The van der Waals surface area contributed by atoms with Crippen molar-refractivity contribution < 1.29 is 19.4 Å². The van der Waals surface area contributed by atoms with Crippen LogP contribution in [-0.4, -0.2) is 46.0 Å². The summed E-state index contributed by atoms with van der Waals surface area (Å²) in [6.07, 6.45) is -0.554. The molecule has 11 nitrogen and oxygen atoms in total. The lowest BCUT2D eigenvalue weighted by atomic mass is 10.0. The summed E-state index contributed by atoms with van der Waals surface area (Å²) < 4.78 is 12.5. The van der Waals surface area contributed by atoms with Gasteiger partial charge >= 0.3 is 11.7 Å². The smallest absolute Gasteiger partial charge is 0.338 e. The van der Waals surface area contributed by atoms with Crippen molar-refractivity contribution in [3.63, 3.8) is 0 Å². The lowest BCUT2D eigenvalue weighted by Gasteiger charge is -2.17. The number of benzene rings is 1. The van der Waals surface area contributed by atoms with Gasteiger partial charge in [-0.25, -0.2) is 9.59 Å². The van der Waals surface area contributed by atoms with E-state index in [0.29, 0.717) is 23.1 Å². The predicted octanol–water partition coefficient (Wildman–Crippen LogP) is 1.20. The Morgan fingerprint density at radius 1 is 1.43 bits per heavy atom. The molecule has 2 N–H and O–H groups in total. The van der Waals surface area contributed by atoms with E-state index in [1.165, 1.54) is 10.8 Å². The molecule has 1 aromatic heterocycles. The number of hydrogen-bond acceptors (Lipinski definition) is 7. The number of aliphatic hydroxyl groups is 1. The Morgan fingerprint density at radius 3 is 2.93 bits per heavy atom. The molecule has 1 aliphatic heterocycles. The van der Waals surface area contributed by atoms with Crippen LogP contribution in [0.2, 0.25) is 0 Å². The number of aryl methyl sites for hydroxylation is 1. The minimum Gasteiger partial charge on any atom is -0.456 e. The van der Waals surface area contributed by atoms with Crippen LogP contribution in [0, 0.1) is 6.92 Å². The van der Waals surface area contributed by atoms with Gasteiger partial charge in [0.05, 0.1) is 12.2 Å². The summed E-state index contributed by atoms with van der Waals surface area (Å²) in [4.78, 5) is 41.3. The molecule has 30 heavy (non-hydrogen) atoms. The van der Waals surface area contributed by atoms with Crippen LogP contribution in [-0.2, 0) is 15.9 Å². The Bertz CT molecular complexity index is 1090. The zero-order valence-electron chi connectivity index (χ0n) is 16.2. The number of hydrogen-bond donors (Lipinski definition) is 2. The second-order valence-corrected chi connectivity index (χ2v) is 6.83. The highest BCUT2D eigenvalue weighted by Gasteiger charge is 2.39. The molecule has 1 aliphatic rings. The number of aromatic amines is 1. The van der Waals surface area contributed by atoms with Gasteiger partial charge in [-0.2, -0.15) is 0 Å². The second-order valence-electron chi connectivity index (χ2n) is 6.83. The van der Waals surface area contributed by atoms with E-state index < -0.39 is 42.3 Å². The number of aliphatic hydroxyl groups excluding tert-OH is 1. The molecule has 0 radical (unpaired) electrons. The number of carbonyl (C=O) groups excluding carboxylic acids is 1. The van der Waals surface area contributed by atoms with E-state index in [4.69, 9.17) is 15.0 Å². The van der Waals surface area contributed by atoms with E-state index in [2.05, 4.69) is 15.0 Å². The Hall–Kier alpha value is -3.40. The van der Waals surface area contributed by atoms with Crippen molar-refractivity contribution in [2.45, 2.75) is 38.2 Å². The number of aromatic nitrogens is 2. The molecule has 2 aromatic rings. The lowest BCUT2D eigenvalue weighted by Crippen LogP contribution is -2.33. The maximum absolute atomic E-state index is 12.7. The Labute approximate surface area is 170 Å². The minimum absolute atomic E-state index is 0.128. The number of rotatable bonds is 7. The molecule has 3 rings (SSSR count). The van der Waals surface area contributed by atoms with Crippen LogP contribution < -0.4 is 11.2 Å². The van der Waals surface area contributed by atoms with Gasteiger partial charge in [0.1, 0.15) is 18.4 Å². The molecule has 0 saturated carbocycles. The molecule has 158 valence electrons. The first-order chi connectivity index (χ1) is 14.4. The molecule has 2 heterocycles. The highest BCUT2D eigenvalue weighted by molar-refractivity contribution is 5.91. The fourth-order valence-electron chi connectivity index (χ4n) is 3.31. The van der Waals surface area contributed by atoms with Crippen LogP contribution in [0.4, 0.5) is 0 Å². The summed E-state index contributed by atoms with van der Waals surface area (Å²) in [5.41, 5.74) is 8.60. The van der Waals surface area contributed by atoms with E-state index in [0.717, 1.165) is 0 Å². The van der Waals surface area contributed by atoms with Gasteiger partial charge in [0, 0.05) is 29.6 Å². The molecule has 1 fully saturated rings. The summed E-state index contributed by atoms with van der Waals surface area (Å²) in [5, 5.41) is 13.1. The first-order valence-corrected chi connectivity index (χ1v) is 9.32. The van der Waals surface area contributed by atoms with Gasteiger partial charge in [-0.05, 0) is 30.5 Å². The molecule has 1 aromatic carbocycles. The SMILES string of the molecule is Cc1cn([C@H]2C[C@@H](OC(=O)c3ccccc3CCN=[N+]=[N-])[C@@H](CO)O2)c(=O)[nH]c1=O. The van der Waals surface area contributed by atoms with E-state index in [1.54, 1.807) is 31.2 Å². The van der Waals surface area contributed by atoms with Crippen LogP contribution in [0.15, 0.2) is 45.2 Å². The van der Waals surface area contributed by atoms with Crippen LogP contribution in [0.1, 0.15) is 34.1 Å². The van der Waals surface area contributed by atoms with Gasteiger partial charge in [-0.1, -0.05) is 23.3 Å². The summed E-state index contributed by atoms with van der Waals surface area (Å²) >= 11 is 0. The maximum atomic E-state index is 12.7. The van der Waals surface area contributed by atoms with Gasteiger partial charge in [0.15, 0.2) is 0 Å². The fraction of sp³-hybridized carbons (Fsp3) is 0.421. The quantitative estimate of drug-likeness (QED) is 0.299. The highest BCUT2D eigenvalue weighted by Crippen LogP contribution is 2.30. The number of nitrogens with zero attached hydrogens (tertiary/aromatic N) is 4. The average molecular weight is 415 g/mol. The van der Waals surface area contributed by atoms with Crippen molar-refractivity contribution in [2.75, 3.05) is 13.2 Å². The van der Waals surface area contributed by atoms with Gasteiger partial charge < -0.3 is 14.6 Å². The Balaban J connectivity index is 1.78. The maximum Gasteiger partial charge on any atom is 0.338 e. The second kappa shape index (κ2) is 9.40. The molecule has 0 spiro atoms. The Kier molecular flexibility index (Phi) is 6.68. The van der Waals surface area contributed by atoms with Crippen molar-refractivity contribution >= 4 is 5.97 Å². The van der Waals surface area contributed by atoms with Gasteiger partial charge in [-0.3, -0.25) is 14.3 Å². The third-order valence-electron chi connectivity index (χ3n) is 4.86. The molecule has 0 amide bonds. The summed E-state index contributed by atoms with van der Waals surface area (Å²) in [6, 6.07) is 6.79. The van der Waals surface area contributed by atoms with Gasteiger partial charge in [0.2, 0.25) is 0 Å². The normalized spacial score (nSPS) is 20.5. The Morgan fingerprint density at radius 2 is 2.20 bits per heavy atom. The van der Waals surface area contributed by atoms with Crippen LogP contribution in [0.25, 0.3) is 10.4 Å². The van der Waals surface area contributed by atoms with Crippen molar-refractivity contribution in [1.29, 1.82) is 0 Å². The molecule has 11 heteroatoms. The van der Waals surface area contributed by atoms with E-state index in [-0.39, 0.29) is 13.0 Å². The summed E-state index contributed by atoms with van der Waals surface area (Å²) in [7, 11) is 0. The molecular formula is C19H21N5O6. The van der Waals surface area contributed by atoms with Crippen molar-refractivity contribution in [3.8, 4) is 0 Å². The minimum atomic E-state index is -0.826. The number of carbonyl (C=O) groups is 1.